The summed E-state index contributed by atoms with van der Waals surface area (Å²) in [5.74, 6) is 0. The molecular formula is C16H19N3. The van der Waals surface area contributed by atoms with Crippen molar-refractivity contribution in [2.75, 3.05) is 18.9 Å². The van der Waals surface area contributed by atoms with Gasteiger partial charge in [0.25, 0.3) is 0 Å². The fourth-order valence-corrected chi connectivity index (χ4v) is 2.69. The Morgan fingerprint density at radius 3 is 3.00 bits per heavy atom. The van der Waals surface area contributed by atoms with E-state index in [1.165, 1.54) is 22.4 Å². The summed E-state index contributed by atoms with van der Waals surface area (Å²) in [7, 11) is 2.15. The first kappa shape index (κ1) is 12.2. The van der Waals surface area contributed by atoms with Gasteiger partial charge in [0.15, 0.2) is 0 Å². The number of para-hydroxylation sites is 1. The molecule has 0 saturated carbocycles. The molecule has 1 aromatic heterocycles. The lowest BCUT2D eigenvalue weighted by Crippen LogP contribution is -2.18. The first-order valence-corrected chi connectivity index (χ1v) is 6.75. The van der Waals surface area contributed by atoms with Crippen molar-refractivity contribution in [1.82, 2.24) is 9.88 Å². The molecule has 1 aliphatic heterocycles. The van der Waals surface area contributed by atoms with Crippen LogP contribution in [0.3, 0.4) is 0 Å². The Kier molecular flexibility index (Phi) is 3.47. The minimum absolute atomic E-state index is 0.928. The molecule has 1 aliphatic rings. The van der Waals surface area contributed by atoms with E-state index in [9.17, 15) is 0 Å². The number of aromatic nitrogens is 1. The van der Waals surface area contributed by atoms with Crippen LogP contribution in [-0.2, 0) is 19.5 Å². The molecule has 0 atom stereocenters. The number of nitrogens with zero attached hydrogens (tertiary/aromatic N) is 2. The van der Waals surface area contributed by atoms with Crippen molar-refractivity contribution >= 4 is 5.69 Å². The average molecular weight is 253 g/mol. The lowest BCUT2D eigenvalue weighted by molar-refractivity contribution is 0.319. The predicted molar refractivity (Wildman–Crippen MR) is 78.0 cm³/mol. The molecule has 0 aliphatic carbocycles. The number of hydrogen-bond donors (Lipinski definition) is 1. The van der Waals surface area contributed by atoms with Crippen molar-refractivity contribution in [3.05, 3.63) is 59.4 Å². The molecule has 98 valence electrons. The van der Waals surface area contributed by atoms with Crippen molar-refractivity contribution in [3.63, 3.8) is 0 Å². The first-order chi connectivity index (χ1) is 9.33. The molecule has 0 amide bonds. The Hall–Kier alpha value is -1.87. The largest absolute Gasteiger partial charge is 0.384 e. The lowest BCUT2D eigenvalue weighted by Gasteiger charge is -2.18. The summed E-state index contributed by atoms with van der Waals surface area (Å²) in [4.78, 5) is 6.49. The van der Waals surface area contributed by atoms with E-state index >= 15 is 0 Å². The Morgan fingerprint density at radius 1 is 1.21 bits per heavy atom. The molecule has 19 heavy (non-hydrogen) atoms. The maximum Gasteiger partial charge on any atom is 0.0419 e. The quantitative estimate of drug-likeness (QED) is 0.908. The van der Waals surface area contributed by atoms with Gasteiger partial charge >= 0.3 is 0 Å². The molecule has 0 fully saturated rings. The van der Waals surface area contributed by atoms with Gasteiger partial charge in [0.1, 0.15) is 0 Å². The monoisotopic (exact) mass is 253 g/mol. The van der Waals surface area contributed by atoms with Gasteiger partial charge in [-0.3, -0.25) is 9.88 Å². The molecule has 0 saturated heterocycles. The van der Waals surface area contributed by atoms with Crippen LogP contribution in [0.5, 0.6) is 0 Å². The number of benzene rings is 1. The predicted octanol–water partition coefficient (Wildman–Crippen LogP) is 2.68. The second-order valence-corrected chi connectivity index (χ2v) is 5.16. The Labute approximate surface area is 114 Å². The highest BCUT2D eigenvalue weighted by Crippen LogP contribution is 2.27. The minimum atomic E-state index is 0.928. The van der Waals surface area contributed by atoms with Gasteiger partial charge in [-0.25, -0.2) is 0 Å². The molecule has 1 aromatic carbocycles. The smallest absolute Gasteiger partial charge is 0.0419 e. The maximum absolute atomic E-state index is 4.16. The number of anilines is 1. The zero-order chi connectivity index (χ0) is 13.1. The fourth-order valence-electron chi connectivity index (χ4n) is 2.69. The molecule has 1 N–H and O–H groups in total. The van der Waals surface area contributed by atoms with E-state index in [-0.39, 0.29) is 0 Å². The Balaban J connectivity index is 1.70. The zero-order valence-electron chi connectivity index (χ0n) is 11.3. The number of rotatable bonds is 4. The van der Waals surface area contributed by atoms with Crippen LogP contribution in [0.25, 0.3) is 0 Å². The summed E-state index contributed by atoms with van der Waals surface area (Å²) < 4.78 is 0. The summed E-state index contributed by atoms with van der Waals surface area (Å²) in [6.45, 7) is 2.96. The van der Waals surface area contributed by atoms with Crippen LogP contribution in [-0.4, -0.2) is 23.5 Å². The van der Waals surface area contributed by atoms with Crippen molar-refractivity contribution in [2.24, 2.45) is 0 Å². The second-order valence-electron chi connectivity index (χ2n) is 5.16. The van der Waals surface area contributed by atoms with Crippen molar-refractivity contribution in [2.45, 2.75) is 19.5 Å². The topological polar surface area (TPSA) is 28.2 Å². The highest BCUT2D eigenvalue weighted by atomic mass is 15.1. The van der Waals surface area contributed by atoms with Crippen LogP contribution >= 0.6 is 0 Å². The van der Waals surface area contributed by atoms with Gasteiger partial charge < -0.3 is 5.32 Å². The van der Waals surface area contributed by atoms with Crippen LogP contribution in [0.15, 0.2) is 42.7 Å². The van der Waals surface area contributed by atoms with Gasteiger partial charge in [0.05, 0.1) is 0 Å². The van der Waals surface area contributed by atoms with Crippen LogP contribution in [0.2, 0.25) is 0 Å². The highest BCUT2D eigenvalue weighted by molar-refractivity contribution is 5.61. The molecule has 0 radical (unpaired) electrons. The summed E-state index contributed by atoms with van der Waals surface area (Å²) in [5.41, 5.74) is 5.44. The van der Waals surface area contributed by atoms with E-state index in [2.05, 4.69) is 46.5 Å². The molecule has 3 rings (SSSR count). The van der Waals surface area contributed by atoms with E-state index in [4.69, 9.17) is 0 Å². The fraction of sp³-hybridized carbons (Fsp3) is 0.312. The first-order valence-electron chi connectivity index (χ1n) is 6.75. The van der Waals surface area contributed by atoms with Gasteiger partial charge in [-0.15, -0.1) is 0 Å². The van der Waals surface area contributed by atoms with Gasteiger partial charge in [-0.1, -0.05) is 24.3 Å². The van der Waals surface area contributed by atoms with Gasteiger partial charge in [0, 0.05) is 37.7 Å². The summed E-state index contributed by atoms with van der Waals surface area (Å²) in [6, 6.07) is 10.7. The molecule has 2 aromatic rings. The van der Waals surface area contributed by atoms with Crippen LogP contribution in [0, 0.1) is 0 Å². The normalized spacial score (nSPS) is 13.4. The van der Waals surface area contributed by atoms with E-state index in [0.717, 1.165) is 26.1 Å². The maximum atomic E-state index is 4.16. The van der Waals surface area contributed by atoms with Crippen molar-refractivity contribution in [3.8, 4) is 0 Å². The van der Waals surface area contributed by atoms with E-state index in [1.807, 2.05) is 18.5 Å². The third-order valence-electron chi connectivity index (χ3n) is 3.55. The molecule has 2 heterocycles. The Bertz CT molecular complexity index is 551. The summed E-state index contributed by atoms with van der Waals surface area (Å²) >= 11 is 0. The van der Waals surface area contributed by atoms with Crippen molar-refractivity contribution in [1.29, 1.82) is 0 Å². The molecule has 3 nitrogen and oxygen atoms in total. The van der Waals surface area contributed by atoms with Gasteiger partial charge in [-0.05, 0) is 36.2 Å². The summed E-state index contributed by atoms with van der Waals surface area (Å²) in [6.07, 6.45) is 4.90. The van der Waals surface area contributed by atoms with Crippen LogP contribution < -0.4 is 5.32 Å². The van der Waals surface area contributed by atoms with E-state index in [1.54, 1.807) is 0 Å². The summed E-state index contributed by atoms with van der Waals surface area (Å²) in [5, 5.41) is 3.50. The minimum Gasteiger partial charge on any atom is -0.384 e. The SMILES string of the molecule is CN(Cc1cccnc1)Cc1cccc2c1NCC2. The van der Waals surface area contributed by atoms with Crippen LogP contribution in [0.4, 0.5) is 5.69 Å². The van der Waals surface area contributed by atoms with Gasteiger partial charge in [-0.2, -0.15) is 0 Å². The van der Waals surface area contributed by atoms with E-state index in [0.29, 0.717) is 0 Å². The van der Waals surface area contributed by atoms with Gasteiger partial charge in [0.2, 0.25) is 0 Å². The molecule has 0 spiro atoms. The van der Waals surface area contributed by atoms with Crippen molar-refractivity contribution < 1.29 is 0 Å². The second kappa shape index (κ2) is 5.41. The average Bonchev–Trinajstić information content (AvgIpc) is 2.89. The number of nitrogens with one attached hydrogen (secondary N) is 1. The van der Waals surface area contributed by atoms with Crippen LogP contribution in [0.1, 0.15) is 16.7 Å². The third-order valence-corrected chi connectivity index (χ3v) is 3.55. The number of hydrogen-bond acceptors (Lipinski definition) is 3. The molecule has 0 unspecified atom stereocenters. The molecule has 0 bridgehead atoms. The molecular weight excluding hydrogens is 234 g/mol. The van der Waals surface area contributed by atoms with E-state index < -0.39 is 0 Å². The third kappa shape index (κ3) is 2.76. The Morgan fingerprint density at radius 2 is 2.16 bits per heavy atom. The molecule has 3 heteroatoms. The number of fused-ring (bicyclic) bond motifs is 1. The zero-order valence-corrected chi connectivity index (χ0v) is 11.3. The highest BCUT2D eigenvalue weighted by Gasteiger charge is 2.14. The lowest BCUT2D eigenvalue weighted by atomic mass is 10.1. The standard InChI is InChI=1S/C16H19N3/c1-19(11-13-4-3-8-17-10-13)12-15-6-2-5-14-7-9-18-16(14)15/h2-6,8,10,18H,7,9,11-12H2,1H3. The number of pyridine rings is 1.